The predicted octanol–water partition coefficient (Wildman–Crippen LogP) is 4.16. The van der Waals surface area contributed by atoms with Crippen LogP contribution in [0, 0.1) is 18.3 Å². The van der Waals surface area contributed by atoms with Gasteiger partial charge in [0.15, 0.2) is 0 Å². The number of pyridine rings is 2. The number of thioether (sulfide) groups is 1. The van der Waals surface area contributed by atoms with Crippen molar-refractivity contribution in [2.24, 2.45) is 0 Å². The fourth-order valence-electron chi connectivity index (χ4n) is 1.82. The third kappa shape index (κ3) is 3.50. The Labute approximate surface area is 128 Å². The van der Waals surface area contributed by atoms with Gasteiger partial charge in [0.25, 0.3) is 0 Å². The Balaban J connectivity index is 2.20. The molecule has 0 fully saturated rings. The van der Waals surface area contributed by atoms with E-state index < -0.39 is 0 Å². The largest absolute Gasteiger partial charge is 0.245 e. The van der Waals surface area contributed by atoms with Crippen LogP contribution in [0.4, 0.5) is 0 Å². The highest BCUT2D eigenvalue weighted by molar-refractivity contribution is 7.98. The van der Waals surface area contributed by atoms with Crippen LogP contribution in [0.5, 0.6) is 0 Å². The van der Waals surface area contributed by atoms with Crippen LogP contribution in [-0.2, 0) is 12.2 Å². The number of rotatable bonds is 4. The van der Waals surface area contributed by atoms with E-state index in [2.05, 4.69) is 23.0 Å². The Bertz CT molecular complexity index is 647. The lowest BCUT2D eigenvalue weighted by atomic mass is 10.1. The van der Waals surface area contributed by atoms with Crippen molar-refractivity contribution in [2.75, 3.05) is 0 Å². The van der Waals surface area contributed by atoms with E-state index in [0.717, 1.165) is 34.0 Å². The molecule has 0 radical (unpaired) electrons. The Morgan fingerprint density at radius 1 is 1.40 bits per heavy atom. The van der Waals surface area contributed by atoms with Crippen molar-refractivity contribution in [3.05, 3.63) is 51.9 Å². The van der Waals surface area contributed by atoms with E-state index in [4.69, 9.17) is 11.6 Å². The molecule has 0 unspecified atom stereocenters. The van der Waals surface area contributed by atoms with Crippen LogP contribution in [0.1, 0.15) is 29.3 Å². The standard InChI is InChI=1S/C15H14ClN3S/c1-3-13-10(2)6-12(7-17)15(19-13)20-9-11-4-5-14(16)18-8-11/h4-6,8H,3,9H2,1-2H3. The SMILES string of the molecule is CCc1nc(SCc2ccc(Cl)nc2)c(C#N)cc1C. The number of aryl methyl sites for hydroxylation is 2. The maximum Gasteiger partial charge on any atom is 0.129 e. The Hall–Kier alpha value is -1.57. The summed E-state index contributed by atoms with van der Waals surface area (Å²) in [5.74, 6) is 0.720. The normalized spacial score (nSPS) is 10.3. The lowest BCUT2D eigenvalue weighted by molar-refractivity contribution is 0.941. The second-order valence-electron chi connectivity index (χ2n) is 4.35. The summed E-state index contributed by atoms with van der Waals surface area (Å²) in [6.45, 7) is 4.06. The molecular formula is C15H14ClN3S. The van der Waals surface area contributed by atoms with Gasteiger partial charge in [0.05, 0.1) is 5.56 Å². The molecule has 0 amide bonds. The first-order valence-corrected chi connectivity index (χ1v) is 7.64. The third-order valence-electron chi connectivity index (χ3n) is 2.90. The smallest absolute Gasteiger partial charge is 0.129 e. The molecule has 0 aliphatic carbocycles. The van der Waals surface area contributed by atoms with Gasteiger partial charge in [-0.05, 0) is 36.6 Å². The highest BCUT2D eigenvalue weighted by Crippen LogP contribution is 2.26. The minimum Gasteiger partial charge on any atom is -0.245 e. The van der Waals surface area contributed by atoms with Crippen molar-refractivity contribution >= 4 is 23.4 Å². The lowest BCUT2D eigenvalue weighted by Gasteiger charge is -2.08. The highest BCUT2D eigenvalue weighted by atomic mass is 35.5. The summed E-state index contributed by atoms with van der Waals surface area (Å²) in [7, 11) is 0. The van der Waals surface area contributed by atoms with Gasteiger partial charge >= 0.3 is 0 Å². The molecule has 102 valence electrons. The molecule has 0 saturated carbocycles. The molecule has 2 rings (SSSR count). The number of hydrogen-bond acceptors (Lipinski definition) is 4. The van der Waals surface area contributed by atoms with Crippen molar-refractivity contribution in [3.63, 3.8) is 0 Å². The fourth-order valence-corrected chi connectivity index (χ4v) is 2.84. The van der Waals surface area contributed by atoms with Crippen LogP contribution in [0.3, 0.4) is 0 Å². The van der Waals surface area contributed by atoms with Crippen LogP contribution in [0.25, 0.3) is 0 Å². The molecular weight excluding hydrogens is 290 g/mol. The molecule has 2 aromatic heterocycles. The third-order valence-corrected chi connectivity index (χ3v) is 4.19. The molecule has 0 aliphatic heterocycles. The van der Waals surface area contributed by atoms with Gasteiger partial charge in [-0.25, -0.2) is 9.97 Å². The monoisotopic (exact) mass is 303 g/mol. The summed E-state index contributed by atoms with van der Waals surface area (Å²) in [6.07, 6.45) is 2.61. The van der Waals surface area contributed by atoms with Crippen LogP contribution in [0.2, 0.25) is 5.15 Å². The predicted molar refractivity (Wildman–Crippen MR) is 81.9 cm³/mol. The summed E-state index contributed by atoms with van der Waals surface area (Å²) in [4.78, 5) is 8.64. The summed E-state index contributed by atoms with van der Waals surface area (Å²) in [6, 6.07) is 7.82. The van der Waals surface area contributed by atoms with E-state index in [1.54, 1.807) is 24.0 Å². The zero-order valence-electron chi connectivity index (χ0n) is 11.4. The topological polar surface area (TPSA) is 49.6 Å². The van der Waals surface area contributed by atoms with Crippen molar-refractivity contribution in [1.82, 2.24) is 9.97 Å². The molecule has 5 heteroatoms. The summed E-state index contributed by atoms with van der Waals surface area (Å²) < 4.78 is 0. The zero-order chi connectivity index (χ0) is 14.5. The van der Waals surface area contributed by atoms with E-state index in [0.29, 0.717) is 10.7 Å². The second kappa shape index (κ2) is 6.74. The van der Waals surface area contributed by atoms with E-state index >= 15 is 0 Å². The van der Waals surface area contributed by atoms with Gasteiger partial charge in [-0.1, -0.05) is 24.6 Å². The number of hydrogen-bond donors (Lipinski definition) is 0. The van der Waals surface area contributed by atoms with Gasteiger partial charge in [-0.2, -0.15) is 5.26 Å². The molecule has 0 aliphatic rings. The van der Waals surface area contributed by atoms with Crippen molar-refractivity contribution in [2.45, 2.75) is 31.0 Å². The van der Waals surface area contributed by atoms with Gasteiger partial charge in [0.1, 0.15) is 16.2 Å². The number of halogens is 1. The van der Waals surface area contributed by atoms with E-state index in [1.165, 1.54) is 0 Å². The second-order valence-corrected chi connectivity index (χ2v) is 5.70. The van der Waals surface area contributed by atoms with Crippen molar-refractivity contribution in [1.29, 1.82) is 5.26 Å². The minimum atomic E-state index is 0.484. The lowest BCUT2D eigenvalue weighted by Crippen LogP contribution is -1.97. The molecule has 0 saturated heterocycles. The van der Waals surface area contributed by atoms with Gasteiger partial charge in [-0.15, -0.1) is 11.8 Å². The molecule has 3 nitrogen and oxygen atoms in total. The van der Waals surface area contributed by atoms with Crippen molar-refractivity contribution < 1.29 is 0 Å². The van der Waals surface area contributed by atoms with E-state index in [-0.39, 0.29) is 0 Å². The minimum absolute atomic E-state index is 0.484. The maximum atomic E-state index is 9.21. The van der Waals surface area contributed by atoms with E-state index in [9.17, 15) is 5.26 Å². The Morgan fingerprint density at radius 3 is 2.80 bits per heavy atom. The first-order valence-electron chi connectivity index (χ1n) is 6.28. The molecule has 0 aromatic carbocycles. The molecule has 2 aromatic rings. The molecule has 0 spiro atoms. The quantitative estimate of drug-likeness (QED) is 0.628. The first kappa shape index (κ1) is 14.8. The Morgan fingerprint density at radius 2 is 2.20 bits per heavy atom. The molecule has 2 heterocycles. The molecule has 0 atom stereocenters. The number of aromatic nitrogens is 2. The summed E-state index contributed by atoms with van der Waals surface area (Å²) in [5.41, 5.74) is 3.80. The Kier molecular flexibility index (Phi) is 4.99. The number of nitrogens with zero attached hydrogens (tertiary/aromatic N) is 3. The molecule has 0 N–H and O–H groups in total. The van der Waals surface area contributed by atoms with Crippen LogP contribution < -0.4 is 0 Å². The highest BCUT2D eigenvalue weighted by Gasteiger charge is 2.09. The van der Waals surface area contributed by atoms with Gasteiger partial charge in [0.2, 0.25) is 0 Å². The average Bonchev–Trinajstić information content (AvgIpc) is 2.47. The molecule has 0 bridgehead atoms. The fraction of sp³-hybridized carbons (Fsp3) is 0.267. The van der Waals surface area contributed by atoms with E-state index in [1.807, 2.05) is 19.1 Å². The van der Waals surface area contributed by atoms with Crippen LogP contribution >= 0.6 is 23.4 Å². The van der Waals surface area contributed by atoms with Crippen LogP contribution in [0.15, 0.2) is 29.4 Å². The number of nitriles is 1. The average molecular weight is 304 g/mol. The first-order chi connectivity index (χ1) is 9.63. The summed E-state index contributed by atoms with van der Waals surface area (Å²) in [5, 5.41) is 10.5. The van der Waals surface area contributed by atoms with Crippen LogP contribution in [-0.4, -0.2) is 9.97 Å². The maximum absolute atomic E-state index is 9.21. The van der Waals surface area contributed by atoms with Crippen molar-refractivity contribution in [3.8, 4) is 6.07 Å². The van der Waals surface area contributed by atoms with Gasteiger partial charge in [0, 0.05) is 17.6 Å². The molecule has 20 heavy (non-hydrogen) atoms. The van der Waals surface area contributed by atoms with Gasteiger partial charge < -0.3 is 0 Å². The van der Waals surface area contributed by atoms with Gasteiger partial charge in [-0.3, -0.25) is 0 Å². The summed E-state index contributed by atoms with van der Waals surface area (Å²) >= 11 is 7.31. The zero-order valence-corrected chi connectivity index (χ0v) is 12.9.